The molecule has 2 nitrogen and oxygen atoms in total. The number of hydrogen-bond donors (Lipinski definition) is 1. The van der Waals surface area contributed by atoms with E-state index in [-0.39, 0.29) is 5.91 Å². The molecule has 1 atom stereocenters. The number of amides is 1. The van der Waals surface area contributed by atoms with Gasteiger partial charge in [-0.3, -0.25) is 4.79 Å². The molecular weight excluding hydrogens is 234 g/mol. The minimum absolute atomic E-state index is 0.0123. The fourth-order valence-corrected chi connectivity index (χ4v) is 1.31. The van der Waals surface area contributed by atoms with Crippen molar-refractivity contribution in [2.45, 2.75) is 52.9 Å². The molecule has 0 aliphatic rings. The summed E-state index contributed by atoms with van der Waals surface area (Å²) in [5, 5.41) is 2.90. The topological polar surface area (TPSA) is 29.1 Å². The summed E-state index contributed by atoms with van der Waals surface area (Å²) >= 11 is 0. The molecule has 1 N–H and O–H groups in total. The number of nitrogens with one attached hydrogen (secondary N) is 1. The first-order valence-electron chi connectivity index (χ1n) is 7.04. The van der Waals surface area contributed by atoms with Crippen LogP contribution in [0.25, 0.3) is 0 Å². The van der Waals surface area contributed by atoms with Crippen LogP contribution in [0.4, 0.5) is 0 Å². The zero-order valence-corrected chi connectivity index (χ0v) is 12.4. The van der Waals surface area contributed by atoms with Crippen LogP contribution in [0.2, 0.25) is 0 Å². The first-order chi connectivity index (χ1) is 9.20. The second kappa shape index (κ2) is 12.8. The van der Waals surface area contributed by atoms with Crippen molar-refractivity contribution in [3.05, 3.63) is 12.2 Å². The van der Waals surface area contributed by atoms with E-state index in [2.05, 4.69) is 42.8 Å². The number of carbonyl (C=O) groups excluding carboxylic acids is 1. The van der Waals surface area contributed by atoms with Crippen LogP contribution in [0, 0.1) is 29.6 Å². The van der Waals surface area contributed by atoms with Gasteiger partial charge in [0, 0.05) is 13.0 Å². The van der Waals surface area contributed by atoms with E-state index in [1.54, 1.807) is 13.0 Å². The van der Waals surface area contributed by atoms with Crippen LogP contribution in [0.5, 0.6) is 0 Å². The molecule has 0 spiro atoms. The Morgan fingerprint density at radius 2 is 2.11 bits per heavy atom. The first-order valence-corrected chi connectivity index (χ1v) is 7.04. The molecule has 0 radical (unpaired) electrons. The summed E-state index contributed by atoms with van der Waals surface area (Å²) in [6.07, 6.45) is 8.58. The number of unbranched alkanes of at least 4 members (excludes halogenated alkanes) is 3. The molecule has 0 aliphatic heterocycles. The van der Waals surface area contributed by atoms with E-state index in [4.69, 9.17) is 0 Å². The standard InChI is InChI=1S/C17H25NO/c1-4-6-7-8-9-10-11-12-13-14-17(19)18-15-16(3)5-2/h13-14,16H,5,9-12,15H2,1-3H3,(H,18,19). The lowest BCUT2D eigenvalue weighted by Crippen LogP contribution is -2.26. The second-order valence-corrected chi connectivity index (χ2v) is 4.58. The third-order valence-corrected chi connectivity index (χ3v) is 2.79. The quantitative estimate of drug-likeness (QED) is 0.404. The Morgan fingerprint density at radius 3 is 2.79 bits per heavy atom. The molecule has 0 fully saturated rings. The molecule has 0 rings (SSSR count). The summed E-state index contributed by atoms with van der Waals surface area (Å²) in [5.41, 5.74) is 0. The van der Waals surface area contributed by atoms with E-state index < -0.39 is 0 Å². The summed E-state index contributed by atoms with van der Waals surface area (Å²) in [5.74, 6) is 11.8. The molecule has 0 aliphatic carbocycles. The summed E-state index contributed by atoms with van der Waals surface area (Å²) in [6.45, 7) is 6.80. The van der Waals surface area contributed by atoms with Crippen molar-refractivity contribution in [1.82, 2.24) is 5.32 Å². The molecule has 0 aromatic carbocycles. The maximum absolute atomic E-state index is 11.4. The highest BCUT2D eigenvalue weighted by molar-refractivity contribution is 5.87. The van der Waals surface area contributed by atoms with Crippen molar-refractivity contribution >= 4 is 5.91 Å². The fourth-order valence-electron chi connectivity index (χ4n) is 1.31. The van der Waals surface area contributed by atoms with E-state index in [1.807, 2.05) is 6.08 Å². The SMILES string of the molecule is CC#CC#CCCCCC=CC(=O)NCC(C)CC. The Balaban J connectivity index is 3.54. The maximum atomic E-state index is 11.4. The maximum Gasteiger partial charge on any atom is 0.243 e. The number of hydrogen-bond acceptors (Lipinski definition) is 1. The van der Waals surface area contributed by atoms with Crippen molar-refractivity contribution in [3.63, 3.8) is 0 Å². The zero-order valence-electron chi connectivity index (χ0n) is 12.4. The number of carbonyl (C=O) groups is 1. The summed E-state index contributed by atoms with van der Waals surface area (Å²) < 4.78 is 0. The Bertz CT molecular complexity index is 387. The highest BCUT2D eigenvalue weighted by Crippen LogP contribution is 2.00. The molecule has 0 saturated carbocycles. The third-order valence-electron chi connectivity index (χ3n) is 2.79. The monoisotopic (exact) mass is 259 g/mol. The summed E-state index contributed by atoms with van der Waals surface area (Å²) in [7, 11) is 0. The molecule has 0 bridgehead atoms. The van der Waals surface area contributed by atoms with Gasteiger partial charge < -0.3 is 5.32 Å². The molecule has 104 valence electrons. The van der Waals surface area contributed by atoms with Crippen LogP contribution in [-0.4, -0.2) is 12.5 Å². The van der Waals surface area contributed by atoms with Crippen molar-refractivity contribution in [2.24, 2.45) is 5.92 Å². The van der Waals surface area contributed by atoms with Gasteiger partial charge in [-0.05, 0) is 50.0 Å². The van der Waals surface area contributed by atoms with Gasteiger partial charge in [-0.2, -0.15) is 0 Å². The molecular formula is C17H25NO. The minimum Gasteiger partial charge on any atom is -0.352 e. The average molecular weight is 259 g/mol. The van der Waals surface area contributed by atoms with E-state index in [9.17, 15) is 4.79 Å². The van der Waals surface area contributed by atoms with Gasteiger partial charge in [-0.15, -0.1) is 0 Å². The average Bonchev–Trinajstić information content (AvgIpc) is 2.42. The van der Waals surface area contributed by atoms with Crippen LogP contribution in [0.3, 0.4) is 0 Å². The molecule has 1 amide bonds. The van der Waals surface area contributed by atoms with E-state index in [0.29, 0.717) is 5.92 Å². The van der Waals surface area contributed by atoms with Crippen LogP contribution < -0.4 is 5.32 Å². The van der Waals surface area contributed by atoms with Gasteiger partial charge in [0.1, 0.15) is 0 Å². The normalized spacial score (nSPS) is 11.1. The first kappa shape index (κ1) is 17.3. The lowest BCUT2D eigenvalue weighted by Gasteiger charge is -2.07. The van der Waals surface area contributed by atoms with Gasteiger partial charge >= 0.3 is 0 Å². The van der Waals surface area contributed by atoms with Gasteiger partial charge in [-0.25, -0.2) is 0 Å². The van der Waals surface area contributed by atoms with Gasteiger partial charge in [-0.1, -0.05) is 38.2 Å². The van der Waals surface area contributed by atoms with Gasteiger partial charge in [0.25, 0.3) is 0 Å². The Hall–Kier alpha value is -1.67. The molecule has 0 saturated heterocycles. The summed E-state index contributed by atoms with van der Waals surface area (Å²) in [4.78, 5) is 11.4. The highest BCUT2D eigenvalue weighted by atomic mass is 16.1. The Kier molecular flexibility index (Phi) is 11.7. The molecule has 0 heterocycles. The van der Waals surface area contributed by atoms with E-state index in [1.165, 1.54) is 0 Å². The van der Waals surface area contributed by atoms with Crippen molar-refractivity contribution in [2.75, 3.05) is 6.54 Å². The smallest absolute Gasteiger partial charge is 0.243 e. The highest BCUT2D eigenvalue weighted by Gasteiger charge is 1.99. The largest absolute Gasteiger partial charge is 0.352 e. The van der Waals surface area contributed by atoms with Gasteiger partial charge in [0.15, 0.2) is 0 Å². The Morgan fingerprint density at radius 1 is 1.32 bits per heavy atom. The van der Waals surface area contributed by atoms with Crippen molar-refractivity contribution in [1.29, 1.82) is 0 Å². The minimum atomic E-state index is 0.0123. The van der Waals surface area contributed by atoms with Crippen LogP contribution in [0.1, 0.15) is 52.9 Å². The predicted octanol–water partition coefficient (Wildman–Crippen LogP) is 3.29. The van der Waals surface area contributed by atoms with Gasteiger partial charge in [0.2, 0.25) is 5.91 Å². The molecule has 0 aromatic rings. The van der Waals surface area contributed by atoms with E-state index >= 15 is 0 Å². The lowest BCUT2D eigenvalue weighted by atomic mass is 10.1. The number of allylic oxidation sites excluding steroid dienone is 1. The molecule has 19 heavy (non-hydrogen) atoms. The molecule has 2 heteroatoms. The fraction of sp³-hybridized carbons (Fsp3) is 0.588. The number of rotatable bonds is 8. The third kappa shape index (κ3) is 12.6. The van der Waals surface area contributed by atoms with Crippen LogP contribution >= 0.6 is 0 Å². The lowest BCUT2D eigenvalue weighted by molar-refractivity contribution is -0.116. The zero-order chi connectivity index (χ0) is 14.3. The molecule has 1 unspecified atom stereocenters. The van der Waals surface area contributed by atoms with Crippen LogP contribution in [-0.2, 0) is 4.79 Å². The Labute approximate surface area is 118 Å². The van der Waals surface area contributed by atoms with Crippen molar-refractivity contribution < 1.29 is 4.79 Å². The van der Waals surface area contributed by atoms with E-state index in [0.717, 1.165) is 38.6 Å². The second-order valence-electron chi connectivity index (χ2n) is 4.58. The predicted molar refractivity (Wildman–Crippen MR) is 81.3 cm³/mol. The van der Waals surface area contributed by atoms with Crippen molar-refractivity contribution in [3.8, 4) is 23.7 Å². The van der Waals surface area contributed by atoms with Gasteiger partial charge in [0.05, 0.1) is 0 Å². The van der Waals surface area contributed by atoms with Crippen LogP contribution in [0.15, 0.2) is 12.2 Å². The molecule has 0 aromatic heterocycles. The summed E-state index contributed by atoms with van der Waals surface area (Å²) in [6, 6.07) is 0.